The summed E-state index contributed by atoms with van der Waals surface area (Å²) in [6, 6.07) is 4.55. The Bertz CT molecular complexity index is 1340. The molecule has 0 spiro atoms. The van der Waals surface area contributed by atoms with Crippen LogP contribution < -0.4 is 21.7 Å². The van der Waals surface area contributed by atoms with Crippen molar-refractivity contribution in [3.8, 4) is 0 Å². The Kier molecular flexibility index (Phi) is 13.0. The Morgan fingerprint density at radius 3 is 2.41 bits per heavy atom. The monoisotopic (exact) mass is 638 g/mol. The van der Waals surface area contributed by atoms with Gasteiger partial charge in [0.25, 0.3) is 0 Å². The first-order chi connectivity index (χ1) is 22.2. The highest BCUT2D eigenvalue weighted by Crippen LogP contribution is 2.25. The van der Waals surface area contributed by atoms with Crippen LogP contribution in [0.5, 0.6) is 0 Å². The second-order valence-electron chi connectivity index (χ2n) is 13.1. The number of rotatable bonds is 13. The maximum Gasteiger partial charge on any atom is 0.246 e. The molecule has 2 aliphatic heterocycles. The average Bonchev–Trinajstić information content (AvgIpc) is 3.41. The van der Waals surface area contributed by atoms with E-state index in [4.69, 9.17) is 5.73 Å². The summed E-state index contributed by atoms with van der Waals surface area (Å²) >= 11 is 0. The Morgan fingerprint density at radius 2 is 1.67 bits per heavy atom. The zero-order valence-corrected chi connectivity index (χ0v) is 27.8. The number of nitrogens with zero attached hydrogens (tertiary/aromatic N) is 2. The van der Waals surface area contributed by atoms with Crippen LogP contribution in [0.4, 0.5) is 0 Å². The molecule has 0 aliphatic carbocycles. The molecule has 11 nitrogen and oxygen atoms in total. The third kappa shape index (κ3) is 8.67. The molecule has 6 N–H and O–H groups in total. The number of hydrogen-bond donors (Lipinski definition) is 5. The van der Waals surface area contributed by atoms with Crippen molar-refractivity contribution in [1.82, 2.24) is 25.4 Å². The Balaban J connectivity index is 1.67. The number of aromatic nitrogens is 1. The summed E-state index contributed by atoms with van der Waals surface area (Å²) in [7, 11) is 0. The number of carbonyl (C=O) groups is 4. The van der Waals surface area contributed by atoms with E-state index in [-0.39, 0.29) is 30.3 Å². The predicted molar refractivity (Wildman–Crippen MR) is 179 cm³/mol. The average molecular weight is 639 g/mol. The normalized spacial score (nSPS) is 24.3. The van der Waals surface area contributed by atoms with Crippen LogP contribution in [0.2, 0.25) is 0 Å². The molecule has 1 aromatic carbocycles. The van der Waals surface area contributed by atoms with E-state index in [2.05, 4.69) is 20.5 Å². The van der Waals surface area contributed by atoms with Crippen LogP contribution in [-0.4, -0.2) is 81.6 Å². The summed E-state index contributed by atoms with van der Waals surface area (Å²) in [5.74, 6) is -1.59. The smallest absolute Gasteiger partial charge is 0.246 e. The standard InChI is InChI=1S/C35H54N6O5/c1-4-23(3)31-35(46)41-19-12-11-17-30(41)34(45)37-27(15-8-6-7-13-25(42)5-2)32(43)38-28(33(44)39-31)21-24-22-40(20-18-36)29-16-10-9-14-26(24)29/h9-10,14,16,22-23,25,27-28,30-31,42H,4-8,11-13,15,17-21,36H2,1-3H3,(H,37,45)(H,38,43)(H,39,44)/t23?,25?,27-,28-,30?,31-/m0/s1. The molecule has 46 heavy (non-hydrogen) atoms. The summed E-state index contributed by atoms with van der Waals surface area (Å²) in [5, 5.41) is 19.9. The van der Waals surface area contributed by atoms with E-state index >= 15 is 0 Å². The van der Waals surface area contributed by atoms with Gasteiger partial charge in [0, 0.05) is 43.2 Å². The lowest BCUT2D eigenvalue weighted by Crippen LogP contribution is -2.64. The predicted octanol–water partition coefficient (Wildman–Crippen LogP) is 2.76. The van der Waals surface area contributed by atoms with Crippen LogP contribution in [0.3, 0.4) is 0 Å². The first-order valence-electron chi connectivity index (χ1n) is 17.3. The molecule has 4 rings (SSSR count). The van der Waals surface area contributed by atoms with Gasteiger partial charge in [-0.2, -0.15) is 0 Å². The first-order valence-corrected chi connectivity index (χ1v) is 17.3. The highest BCUT2D eigenvalue weighted by atomic mass is 16.3. The number of aliphatic hydroxyl groups is 1. The Hall–Kier alpha value is -3.44. The van der Waals surface area contributed by atoms with Crippen LogP contribution in [0.15, 0.2) is 30.5 Å². The third-order valence-corrected chi connectivity index (χ3v) is 9.80. The van der Waals surface area contributed by atoms with E-state index in [1.165, 1.54) is 0 Å². The summed E-state index contributed by atoms with van der Waals surface area (Å²) in [6.45, 7) is 7.34. The van der Waals surface area contributed by atoms with Crippen molar-refractivity contribution in [2.45, 2.75) is 128 Å². The zero-order chi connectivity index (χ0) is 33.2. The summed E-state index contributed by atoms with van der Waals surface area (Å²) in [5.41, 5.74) is 7.76. The number of nitrogens with one attached hydrogen (secondary N) is 3. The number of amides is 4. The van der Waals surface area contributed by atoms with Gasteiger partial charge in [0.1, 0.15) is 24.2 Å². The number of unbranched alkanes of at least 4 members (excludes halogenated alkanes) is 2. The zero-order valence-electron chi connectivity index (χ0n) is 27.8. The Morgan fingerprint density at radius 1 is 0.935 bits per heavy atom. The summed E-state index contributed by atoms with van der Waals surface area (Å²) < 4.78 is 2.06. The molecule has 0 radical (unpaired) electrons. The fraction of sp³-hybridized carbons (Fsp3) is 0.657. The first kappa shape index (κ1) is 35.4. The minimum atomic E-state index is -0.973. The van der Waals surface area contributed by atoms with Gasteiger partial charge in [0.2, 0.25) is 23.6 Å². The van der Waals surface area contributed by atoms with Crippen LogP contribution in [0.25, 0.3) is 10.9 Å². The number of fused-ring (bicyclic) bond motifs is 2. The molecule has 2 fully saturated rings. The lowest BCUT2D eigenvalue weighted by Gasteiger charge is -2.39. The molecule has 6 atom stereocenters. The minimum absolute atomic E-state index is 0.174. The highest BCUT2D eigenvalue weighted by Gasteiger charge is 2.40. The van der Waals surface area contributed by atoms with Gasteiger partial charge in [0.15, 0.2) is 0 Å². The van der Waals surface area contributed by atoms with E-state index < -0.39 is 36.0 Å². The van der Waals surface area contributed by atoms with Crippen molar-refractivity contribution in [1.29, 1.82) is 0 Å². The van der Waals surface area contributed by atoms with Gasteiger partial charge >= 0.3 is 0 Å². The van der Waals surface area contributed by atoms with Gasteiger partial charge in [-0.15, -0.1) is 0 Å². The molecule has 3 heterocycles. The number of carbonyl (C=O) groups excluding carboxylic acids is 4. The number of para-hydroxylation sites is 1. The molecule has 4 amide bonds. The fourth-order valence-electron chi connectivity index (χ4n) is 6.74. The number of benzene rings is 1. The van der Waals surface area contributed by atoms with E-state index in [9.17, 15) is 24.3 Å². The van der Waals surface area contributed by atoms with Gasteiger partial charge in [-0.3, -0.25) is 19.2 Å². The molecule has 0 saturated carbocycles. The SMILES string of the molecule is CCC(O)CCCCC[C@@H]1NC(=O)C2CCCCN2C(=O)[C@H](C(C)CC)NC(=O)[C@H](Cc2cn(CCN)c3ccccc23)NC1=O. The molecule has 3 unspecified atom stereocenters. The lowest BCUT2D eigenvalue weighted by atomic mass is 9.93. The van der Waals surface area contributed by atoms with Crippen molar-refractivity contribution in [2.75, 3.05) is 13.1 Å². The summed E-state index contributed by atoms with van der Waals surface area (Å²) in [4.78, 5) is 57.5. The van der Waals surface area contributed by atoms with Gasteiger partial charge in [-0.1, -0.05) is 64.7 Å². The quantitative estimate of drug-likeness (QED) is 0.212. The van der Waals surface area contributed by atoms with Gasteiger partial charge in [0.05, 0.1) is 6.10 Å². The van der Waals surface area contributed by atoms with Crippen LogP contribution in [0.1, 0.15) is 90.5 Å². The van der Waals surface area contributed by atoms with Crippen molar-refractivity contribution in [3.63, 3.8) is 0 Å². The topological polar surface area (TPSA) is 159 Å². The van der Waals surface area contributed by atoms with E-state index in [0.717, 1.165) is 42.1 Å². The minimum Gasteiger partial charge on any atom is -0.393 e. The summed E-state index contributed by atoms with van der Waals surface area (Å²) in [6.07, 6.45) is 8.66. The molecule has 2 aliphatic rings. The van der Waals surface area contributed by atoms with E-state index in [1.807, 2.05) is 51.2 Å². The molecule has 11 heteroatoms. The second-order valence-corrected chi connectivity index (χ2v) is 13.1. The van der Waals surface area contributed by atoms with Crippen LogP contribution >= 0.6 is 0 Å². The lowest BCUT2D eigenvalue weighted by molar-refractivity contribution is -0.147. The Labute approximate surface area is 273 Å². The molecule has 2 saturated heterocycles. The molecule has 1 aromatic heterocycles. The number of nitrogens with two attached hydrogens (primary N) is 1. The molecule has 0 bridgehead atoms. The molecule has 254 valence electrons. The van der Waals surface area contributed by atoms with Gasteiger partial charge in [-0.05, 0) is 56.1 Å². The largest absolute Gasteiger partial charge is 0.393 e. The van der Waals surface area contributed by atoms with Crippen LogP contribution in [0, 0.1) is 5.92 Å². The van der Waals surface area contributed by atoms with Gasteiger partial charge < -0.3 is 36.3 Å². The van der Waals surface area contributed by atoms with Crippen molar-refractivity contribution < 1.29 is 24.3 Å². The third-order valence-electron chi connectivity index (χ3n) is 9.80. The maximum absolute atomic E-state index is 14.1. The maximum atomic E-state index is 14.1. The number of aliphatic hydroxyl groups excluding tert-OH is 1. The number of hydrogen-bond acceptors (Lipinski definition) is 6. The molecular formula is C35H54N6O5. The number of piperidine rings is 1. The van der Waals surface area contributed by atoms with Gasteiger partial charge in [-0.25, -0.2) is 0 Å². The van der Waals surface area contributed by atoms with Crippen molar-refractivity contribution in [3.05, 3.63) is 36.0 Å². The second kappa shape index (κ2) is 16.9. The van der Waals surface area contributed by atoms with Crippen molar-refractivity contribution in [2.24, 2.45) is 11.7 Å². The van der Waals surface area contributed by atoms with Crippen LogP contribution in [-0.2, 0) is 32.1 Å². The molecular weight excluding hydrogens is 584 g/mol. The van der Waals surface area contributed by atoms with E-state index in [1.54, 1.807) is 4.90 Å². The fourth-order valence-corrected chi connectivity index (χ4v) is 6.74. The van der Waals surface area contributed by atoms with E-state index in [0.29, 0.717) is 58.2 Å². The highest BCUT2D eigenvalue weighted by molar-refractivity contribution is 5.98. The van der Waals surface area contributed by atoms with Crippen molar-refractivity contribution >= 4 is 34.5 Å². The molecule has 2 aromatic rings.